The Bertz CT molecular complexity index is 716. The van der Waals surface area contributed by atoms with Gasteiger partial charge in [-0.2, -0.15) is 0 Å². The molecule has 0 aliphatic heterocycles. The maximum Gasteiger partial charge on any atom is 0.309 e. The Balaban J connectivity index is 1.60. The molecule has 0 spiro atoms. The molecule has 132 valence electrons. The lowest BCUT2D eigenvalue weighted by atomic mass is 10.2. The fourth-order valence-electron chi connectivity index (χ4n) is 2.03. The van der Waals surface area contributed by atoms with Crippen LogP contribution in [0.1, 0.15) is 17.5 Å². The molecule has 0 bridgehead atoms. The van der Waals surface area contributed by atoms with E-state index < -0.39 is 5.97 Å². The van der Waals surface area contributed by atoms with Gasteiger partial charge in [0.05, 0.1) is 13.0 Å². The summed E-state index contributed by atoms with van der Waals surface area (Å²) in [7, 11) is 0. The van der Waals surface area contributed by atoms with Crippen molar-refractivity contribution < 1.29 is 19.1 Å². The third kappa shape index (κ3) is 7.27. The predicted molar refractivity (Wildman–Crippen MR) is 95.5 cm³/mol. The monoisotopic (exact) mass is 361 g/mol. The van der Waals surface area contributed by atoms with E-state index in [0.717, 1.165) is 11.1 Å². The summed E-state index contributed by atoms with van der Waals surface area (Å²) in [4.78, 5) is 23.3. The van der Waals surface area contributed by atoms with Crippen molar-refractivity contribution in [3.05, 3.63) is 64.7 Å². The third-order valence-electron chi connectivity index (χ3n) is 3.33. The fraction of sp³-hybridized carbons (Fsp3) is 0.263. The van der Waals surface area contributed by atoms with Crippen LogP contribution in [0.25, 0.3) is 0 Å². The first-order chi connectivity index (χ1) is 12.0. The summed E-state index contributed by atoms with van der Waals surface area (Å²) in [6.45, 7) is 2.21. The van der Waals surface area contributed by atoms with E-state index in [2.05, 4.69) is 5.32 Å². The minimum absolute atomic E-state index is 0.0818. The molecular formula is C19H20ClNO4. The van der Waals surface area contributed by atoms with Crippen molar-refractivity contribution in [1.82, 2.24) is 5.32 Å². The van der Waals surface area contributed by atoms with Gasteiger partial charge in [-0.05, 0) is 42.3 Å². The Hall–Kier alpha value is -2.53. The Morgan fingerprint density at radius 1 is 1.12 bits per heavy atom. The molecule has 0 saturated carbocycles. The van der Waals surface area contributed by atoms with Gasteiger partial charge in [0.15, 0.2) is 6.61 Å². The lowest BCUT2D eigenvalue weighted by Crippen LogP contribution is -2.28. The summed E-state index contributed by atoms with van der Waals surface area (Å²) in [5.74, 6) is -0.134. The number of carbonyl (C=O) groups is 2. The minimum atomic E-state index is -0.478. The van der Waals surface area contributed by atoms with Crippen LogP contribution in [0, 0.1) is 6.92 Å². The lowest BCUT2D eigenvalue weighted by Gasteiger charge is -2.08. The van der Waals surface area contributed by atoms with Gasteiger partial charge in [-0.3, -0.25) is 9.59 Å². The molecule has 1 N–H and O–H groups in total. The molecule has 0 atom stereocenters. The van der Waals surface area contributed by atoms with Crippen molar-refractivity contribution in [2.45, 2.75) is 19.9 Å². The van der Waals surface area contributed by atoms with Crippen molar-refractivity contribution in [1.29, 1.82) is 0 Å². The highest BCUT2D eigenvalue weighted by molar-refractivity contribution is 6.30. The highest BCUT2D eigenvalue weighted by atomic mass is 35.5. The van der Waals surface area contributed by atoms with Crippen molar-refractivity contribution in [3.8, 4) is 5.75 Å². The van der Waals surface area contributed by atoms with Crippen LogP contribution in [0.15, 0.2) is 48.5 Å². The summed E-state index contributed by atoms with van der Waals surface area (Å²) in [5.41, 5.74) is 1.99. The highest BCUT2D eigenvalue weighted by Crippen LogP contribution is 2.12. The van der Waals surface area contributed by atoms with Gasteiger partial charge in [-0.1, -0.05) is 35.9 Å². The van der Waals surface area contributed by atoms with Crippen LogP contribution < -0.4 is 10.1 Å². The van der Waals surface area contributed by atoms with Crippen LogP contribution in [-0.2, 0) is 20.9 Å². The van der Waals surface area contributed by atoms with Crippen LogP contribution in [0.2, 0.25) is 5.02 Å². The molecule has 0 aromatic heterocycles. The van der Waals surface area contributed by atoms with Crippen LogP contribution in [0.4, 0.5) is 0 Å². The summed E-state index contributed by atoms with van der Waals surface area (Å²) < 4.78 is 10.4. The maximum absolute atomic E-state index is 11.7. The Morgan fingerprint density at radius 2 is 1.88 bits per heavy atom. The molecule has 25 heavy (non-hydrogen) atoms. The minimum Gasteiger partial charge on any atom is -0.493 e. The summed E-state index contributed by atoms with van der Waals surface area (Å²) in [6, 6.07) is 14.7. The molecule has 2 aromatic rings. The summed E-state index contributed by atoms with van der Waals surface area (Å²) in [5, 5.41) is 3.31. The number of amides is 1. The van der Waals surface area contributed by atoms with Gasteiger partial charge < -0.3 is 14.8 Å². The fourth-order valence-corrected chi connectivity index (χ4v) is 2.16. The molecule has 2 aromatic carbocycles. The van der Waals surface area contributed by atoms with Gasteiger partial charge in [0.2, 0.25) is 0 Å². The van der Waals surface area contributed by atoms with E-state index in [4.69, 9.17) is 21.1 Å². The summed E-state index contributed by atoms with van der Waals surface area (Å²) in [6.07, 6.45) is 0.0818. The number of nitrogens with one attached hydrogen (secondary N) is 1. The van der Waals surface area contributed by atoms with E-state index in [1.807, 2.05) is 43.3 Å². The number of aryl methyl sites for hydroxylation is 1. The van der Waals surface area contributed by atoms with Gasteiger partial charge in [0.25, 0.3) is 5.91 Å². The van der Waals surface area contributed by atoms with Crippen LogP contribution in [-0.4, -0.2) is 25.1 Å². The number of carbonyl (C=O) groups excluding carboxylic acids is 2. The largest absolute Gasteiger partial charge is 0.493 e. The molecule has 6 heteroatoms. The van der Waals surface area contributed by atoms with Crippen molar-refractivity contribution in [2.75, 3.05) is 13.2 Å². The van der Waals surface area contributed by atoms with Gasteiger partial charge in [0, 0.05) is 11.6 Å². The average Bonchev–Trinajstić information content (AvgIpc) is 2.59. The zero-order chi connectivity index (χ0) is 18.1. The van der Waals surface area contributed by atoms with E-state index in [-0.39, 0.29) is 25.5 Å². The number of esters is 1. The van der Waals surface area contributed by atoms with E-state index in [9.17, 15) is 9.59 Å². The Labute approximate surface area is 151 Å². The van der Waals surface area contributed by atoms with Crippen LogP contribution in [0.5, 0.6) is 5.75 Å². The zero-order valence-electron chi connectivity index (χ0n) is 14.0. The molecule has 0 radical (unpaired) electrons. The number of ether oxygens (including phenoxy) is 2. The standard InChI is InChI=1S/C19H20ClNO4/c1-14-3-2-4-17(11-14)24-10-9-19(23)25-13-18(22)21-12-15-5-7-16(20)8-6-15/h2-8,11H,9-10,12-13H2,1H3,(H,21,22). The Morgan fingerprint density at radius 3 is 2.60 bits per heavy atom. The first kappa shape index (κ1) is 18.8. The normalized spacial score (nSPS) is 10.2. The quantitative estimate of drug-likeness (QED) is 0.733. The third-order valence-corrected chi connectivity index (χ3v) is 3.58. The first-order valence-electron chi connectivity index (χ1n) is 7.89. The van der Waals surface area contributed by atoms with Gasteiger partial charge in [-0.15, -0.1) is 0 Å². The molecule has 0 aliphatic carbocycles. The molecule has 0 unspecified atom stereocenters. The van der Waals surface area contributed by atoms with Crippen LogP contribution in [0.3, 0.4) is 0 Å². The van der Waals surface area contributed by atoms with Crippen LogP contribution >= 0.6 is 11.6 Å². The van der Waals surface area contributed by atoms with Crippen molar-refractivity contribution in [3.63, 3.8) is 0 Å². The first-order valence-corrected chi connectivity index (χ1v) is 8.27. The number of hydrogen-bond donors (Lipinski definition) is 1. The number of benzene rings is 2. The Kier molecular flexibility index (Phi) is 7.29. The zero-order valence-corrected chi connectivity index (χ0v) is 14.7. The molecule has 5 nitrogen and oxygen atoms in total. The molecule has 0 aliphatic rings. The maximum atomic E-state index is 11.7. The summed E-state index contributed by atoms with van der Waals surface area (Å²) >= 11 is 5.79. The molecule has 1 amide bonds. The molecule has 0 saturated heterocycles. The van der Waals surface area contributed by atoms with E-state index >= 15 is 0 Å². The number of halogens is 1. The SMILES string of the molecule is Cc1cccc(OCCC(=O)OCC(=O)NCc2ccc(Cl)cc2)c1. The predicted octanol–water partition coefficient (Wildman–Crippen LogP) is 3.28. The van der Waals surface area contributed by atoms with E-state index in [1.165, 1.54) is 0 Å². The molecular weight excluding hydrogens is 342 g/mol. The second-order valence-electron chi connectivity index (χ2n) is 5.48. The van der Waals surface area contributed by atoms with E-state index in [1.54, 1.807) is 12.1 Å². The lowest BCUT2D eigenvalue weighted by molar-refractivity contribution is -0.149. The smallest absolute Gasteiger partial charge is 0.309 e. The highest BCUT2D eigenvalue weighted by Gasteiger charge is 2.08. The molecule has 2 rings (SSSR count). The second-order valence-corrected chi connectivity index (χ2v) is 5.92. The van der Waals surface area contributed by atoms with Gasteiger partial charge >= 0.3 is 5.97 Å². The molecule has 0 heterocycles. The van der Waals surface area contributed by atoms with Crippen molar-refractivity contribution in [2.24, 2.45) is 0 Å². The topological polar surface area (TPSA) is 64.6 Å². The van der Waals surface area contributed by atoms with E-state index in [0.29, 0.717) is 17.3 Å². The number of rotatable bonds is 8. The average molecular weight is 362 g/mol. The number of hydrogen-bond acceptors (Lipinski definition) is 4. The van der Waals surface area contributed by atoms with Gasteiger partial charge in [0.1, 0.15) is 5.75 Å². The second kappa shape index (κ2) is 9.69. The van der Waals surface area contributed by atoms with Crippen molar-refractivity contribution >= 4 is 23.5 Å². The van der Waals surface area contributed by atoms with Gasteiger partial charge in [-0.25, -0.2) is 0 Å². The molecule has 0 fully saturated rings.